The van der Waals surface area contributed by atoms with E-state index in [1.54, 1.807) is 6.66 Å². The molecule has 0 amide bonds. The highest BCUT2D eigenvalue weighted by Crippen LogP contribution is 2.53. The first kappa shape index (κ1) is 31.4. The Hall–Kier alpha value is -2.53. The van der Waals surface area contributed by atoms with Gasteiger partial charge in [-0.05, 0) is 107 Å². The molecular formula is C34H46FN2O3P. The van der Waals surface area contributed by atoms with Crippen LogP contribution in [0, 0.1) is 18.7 Å². The second-order valence-corrected chi connectivity index (χ2v) is 14.7. The maximum Gasteiger partial charge on any atom is 0.200 e. The van der Waals surface area contributed by atoms with Gasteiger partial charge in [0.15, 0.2) is 0 Å². The number of rotatable bonds is 14. The predicted octanol–water partition coefficient (Wildman–Crippen LogP) is 8.83. The Morgan fingerprint density at radius 2 is 1.78 bits per heavy atom. The van der Waals surface area contributed by atoms with Crippen molar-refractivity contribution in [3.8, 4) is 16.9 Å². The quantitative estimate of drug-likeness (QED) is 0.178. The molecule has 222 valence electrons. The Morgan fingerprint density at radius 1 is 1.05 bits per heavy atom. The Balaban J connectivity index is 1.58. The lowest BCUT2D eigenvalue weighted by molar-refractivity contribution is 0.166. The monoisotopic (exact) mass is 580 g/mol. The summed E-state index contributed by atoms with van der Waals surface area (Å²) < 4.78 is 39.9. The van der Waals surface area contributed by atoms with Crippen molar-refractivity contribution >= 4 is 7.37 Å². The number of hydrogen-bond acceptors (Lipinski definition) is 5. The Bertz CT molecular complexity index is 1360. The summed E-state index contributed by atoms with van der Waals surface area (Å²) in [5.41, 5.74) is 5.50. The van der Waals surface area contributed by atoms with E-state index in [1.807, 2.05) is 32.0 Å². The summed E-state index contributed by atoms with van der Waals surface area (Å²) in [6.07, 6.45) is 4.23. The van der Waals surface area contributed by atoms with Crippen molar-refractivity contribution in [1.82, 2.24) is 9.88 Å². The van der Waals surface area contributed by atoms with Crippen LogP contribution >= 0.6 is 7.37 Å². The molecule has 1 aliphatic carbocycles. The molecule has 1 aromatic heterocycles. The number of halogens is 1. The number of benzene rings is 2. The lowest BCUT2D eigenvalue weighted by Gasteiger charge is -2.31. The molecule has 41 heavy (non-hydrogen) atoms. The molecule has 0 N–H and O–H groups in total. The third kappa shape index (κ3) is 8.50. The van der Waals surface area contributed by atoms with Crippen LogP contribution in [-0.4, -0.2) is 41.4 Å². The van der Waals surface area contributed by atoms with Gasteiger partial charge in [0, 0.05) is 42.7 Å². The second-order valence-electron chi connectivity index (χ2n) is 12.1. The van der Waals surface area contributed by atoms with Crippen LogP contribution in [0.25, 0.3) is 11.1 Å². The van der Waals surface area contributed by atoms with Gasteiger partial charge < -0.3 is 9.26 Å². The van der Waals surface area contributed by atoms with E-state index in [9.17, 15) is 8.96 Å². The number of ether oxygens (including phenoxy) is 1. The Kier molecular flexibility index (Phi) is 10.4. The first-order chi connectivity index (χ1) is 19.5. The molecule has 3 aromatic rings. The van der Waals surface area contributed by atoms with Crippen molar-refractivity contribution in [3.63, 3.8) is 0 Å². The van der Waals surface area contributed by atoms with Gasteiger partial charge in [-0.25, -0.2) is 4.39 Å². The molecule has 2 unspecified atom stereocenters. The summed E-state index contributed by atoms with van der Waals surface area (Å²) in [4.78, 5) is 6.52. The van der Waals surface area contributed by atoms with E-state index >= 15 is 0 Å². The zero-order chi connectivity index (χ0) is 29.7. The van der Waals surface area contributed by atoms with Gasteiger partial charge in [0.05, 0.1) is 12.8 Å². The molecule has 1 fully saturated rings. The van der Waals surface area contributed by atoms with Gasteiger partial charge in [-0.3, -0.25) is 14.4 Å². The molecule has 0 aliphatic heterocycles. The zero-order valence-corrected chi connectivity index (χ0v) is 26.6. The molecule has 0 radical (unpaired) electrons. The third-order valence-electron chi connectivity index (χ3n) is 7.94. The number of hydrogen-bond donors (Lipinski definition) is 0. The molecule has 1 aliphatic rings. The summed E-state index contributed by atoms with van der Waals surface area (Å²) in [6.45, 7) is 15.9. The molecule has 1 saturated carbocycles. The van der Waals surface area contributed by atoms with Crippen LogP contribution in [0.5, 0.6) is 5.75 Å². The van der Waals surface area contributed by atoms with Crippen LogP contribution < -0.4 is 4.74 Å². The fourth-order valence-corrected chi connectivity index (χ4v) is 7.62. The minimum atomic E-state index is -2.64. The minimum Gasteiger partial charge on any atom is -0.489 e. The lowest BCUT2D eigenvalue weighted by Crippen LogP contribution is -2.36. The van der Waals surface area contributed by atoms with Crippen molar-refractivity contribution in [3.05, 3.63) is 82.9 Å². The molecule has 2 atom stereocenters. The normalized spacial score (nSPS) is 15.9. The van der Waals surface area contributed by atoms with E-state index in [0.717, 1.165) is 28.1 Å². The van der Waals surface area contributed by atoms with Gasteiger partial charge in [0.1, 0.15) is 18.2 Å². The van der Waals surface area contributed by atoms with E-state index in [-0.39, 0.29) is 11.7 Å². The van der Waals surface area contributed by atoms with Gasteiger partial charge in [-0.2, -0.15) is 0 Å². The van der Waals surface area contributed by atoms with Crippen molar-refractivity contribution in [1.29, 1.82) is 0 Å². The number of aromatic nitrogens is 1. The summed E-state index contributed by atoms with van der Waals surface area (Å²) in [7, 11) is -2.64. The van der Waals surface area contributed by atoms with Crippen LogP contribution in [0.4, 0.5) is 4.39 Å². The van der Waals surface area contributed by atoms with Crippen LogP contribution in [0.2, 0.25) is 0 Å². The van der Waals surface area contributed by atoms with Crippen LogP contribution in [0.3, 0.4) is 0 Å². The molecule has 0 spiro atoms. The zero-order valence-electron chi connectivity index (χ0n) is 25.7. The standard InChI is InChI=1S/C34H46FN2O3P/c1-8-40-41(7,38)22-33(27-12-13-27)28-11-9-10-26(17-28)21-39-30-14-15-31(32-16-25(6)36-19-34(32)35)29(18-30)20-37(23(2)3)24(4)5/h9-11,14-19,23-24,27,33H,8,12-13,20-22H2,1-7H3. The highest BCUT2D eigenvalue weighted by atomic mass is 31.2. The Morgan fingerprint density at radius 3 is 2.44 bits per heavy atom. The van der Waals surface area contributed by atoms with E-state index in [0.29, 0.717) is 49.5 Å². The summed E-state index contributed by atoms with van der Waals surface area (Å²) in [5.74, 6) is 1.23. The predicted molar refractivity (Wildman–Crippen MR) is 166 cm³/mol. The van der Waals surface area contributed by atoms with Crippen molar-refractivity contribution in [2.45, 2.75) is 85.5 Å². The van der Waals surface area contributed by atoms with Crippen LogP contribution in [0.1, 0.15) is 75.8 Å². The number of nitrogens with zero attached hydrogens (tertiary/aromatic N) is 2. The van der Waals surface area contributed by atoms with Gasteiger partial charge in [-0.15, -0.1) is 0 Å². The molecule has 0 saturated heterocycles. The highest BCUT2D eigenvalue weighted by Gasteiger charge is 2.36. The number of pyridine rings is 1. The first-order valence-electron chi connectivity index (χ1n) is 14.9. The topological polar surface area (TPSA) is 51.7 Å². The molecule has 7 heteroatoms. The highest BCUT2D eigenvalue weighted by molar-refractivity contribution is 7.58. The second kappa shape index (κ2) is 13.6. The summed E-state index contributed by atoms with van der Waals surface area (Å²) in [5, 5.41) is 0. The molecule has 0 bridgehead atoms. The maximum atomic E-state index is 14.9. The van der Waals surface area contributed by atoms with E-state index in [2.05, 4.69) is 67.9 Å². The van der Waals surface area contributed by atoms with Gasteiger partial charge in [0.25, 0.3) is 0 Å². The van der Waals surface area contributed by atoms with Crippen molar-refractivity contribution in [2.75, 3.05) is 19.4 Å². The molecule has 5 nitrogen and oxygen atoms in total. The lowest BCUT2D eigenvalue weighted by atomic mass is 9.94. The SMILES string of the molecule is CCOP(C)(=O)CC(c1cccc(COc2ccc(-c3cc(C)ncc3F)c(CN(C(C)C)C(C)C)c2)c1)C1CC1. The molecular weight excluding hydrogens is 534 g/mol. The third-order valence-corrected chi connectivity index (χ3v) is 9.81. The molecule has 4 rings (SSSR count). The maximum absolute atomic E-state index is 14.9. The van der Waals surface area contributed by atoms with Gasteiger partial charge in [0.2, 0.25) is 7.37 Å². The Labute approximate surface area is 245 Å². The largest absolute Gasteiger partial charge is 0.489 e. The summed E-state index contributed by atoms with van der Waals surface area (Å²) >= 11 is 0. The van der Waals surface area contributed by atoms with E-state index in [1.165, 1.54) is 24.6 Å². The van der Waals surface area contributed by atoms with Crippen molar-refractivity contribution in [2.24, 2.45) is 5.92 Å². The first-order valence-corrected chi connectivity index (χ1v) is 17.2. The van der Waals surface area contributed by atoms with E-state index in [4.69, 9.17) is 9.26 Å². The van der Waals surface area contributed by atoms with Gasteiger partial charge in [-0.1, -0.05) is 30.3 Å². The average Bonchev–Trinajstić information content (AvgIpc) is 3.76. The fourth-order valence-electron chi connectivity index (χ4n) is 5.75. The van der Waals surface area contributed by atoms with Crippen LogP contribution in [0.15, 0.2) is 54.7 Å². The molecule has 1 heterocycles. The minimum absolute atomic E-state index is 0.236. The fraction of sp³-hybridized carbons (Fsp3) is 0.500. The summed E-state index contributed by atoms with van der Waals surface area (Å²) in [6, 6.07) is 16.9. The van der Waals surface area contributed by atoms with Crippen LogP contribution in [-0.2, 0) is 22.2 Å². The van der Waals surface area contributed by atoms with E-state index < -0.39 is 7.37 Å². The number of aryl methyl sites for hydroxylation is 1. The molecule has 2 aromatic carbocycles. The average molecular weight is 581 g/mol. The van der Waals surface area contributed by atoms with Crippen molar-refractivity contribution < 1.29 is 18.2 Å². The smallest absolute Gasteiger partial charge is 0.200 e. The van der Waals surface area contributed by atoms with Gasteiger partial charge >= 0.3 is 0 Å².